The zero-order valence-electron chi connectivity index (χ0n) is 12.1. The monoisotopic (exact) mass is 331 g/mol. The highest BCUT2D eigenvalue weighted by molar-refractivity contribution is 6.33. The van der Waals surface area contributed by atoms with Gasteiger partial charge in [-0.05, 0) is 44.5 Å². The molecule has 0 radical (unpaired) electrons. The van der Waals surface area contributed by atoms with Gasteiger partial charge in [-0.1, -0.05) is 30.2 Å². The molecule has 1 saturated heterocycles. The van der Waals surface area contributed by atoms with Crippen molar-refractivity contribution >= 4 is 35.6 Å². The van der Waals surface area contributed by atoms with Crippen LogP contribution in [0.2, 0.25) is 5.02 Å². The summed E-state index contributed by atoms with van der Waals surface area (Å²) in [5, 5.41) is 3.44. The summed E-state index contributed by atoms with van der Waals surface area (Å²) in [4.78, 5) is 14.4. The lowest BCUT2D eigenvalue weighted by molar-refractivity contribution is -0.118. The van der Waals surface area contributed by atoms with Crippen LogP contribution in [-0.4, -0.2) is 36.5 Å². The minimum atomic E-state index is -0.0120. The summed E-state index contributed by atoms with van der Waals surface area (Å²) < 4.78 is 0. The Morgan fingerprint density at radius 2 is 2.14 bits per heavy atom. The maximum absolute atomic E-state index is 12.1. The van der Waals surface area contributed by atoms with Gasteiger partial charge in [-0.2, -0.15) is 0 Å². The molecule has 21 heavy (non-hydrogen) atoms. The number of piperidine rings is 1. The summed E-state index contributed by atoms with van der Waals surface area (Å²) in [7, 11) is 0. The van der Waals surface area contributed by atoms with Crippen LogP contribution in [0.15, 0.2) is 24.3 Å². The first kappa shape index (κ1) is 18.2. The molecule has 1 heterocycles. The second-order valence-electron chi connectivity index (χ2n) is 5.23. The van der Waals surface area contributed by atoms with Crippen LogP contribution in [0.1, 0.15) is 25.7 Å². The van der Waals surface area contributed by atoms with E-state index in [4.69, 9.17) is 17.3 Å². The Bertz CT molecular complexity index is 454. The smallest absolute Gasteiger partial charge is 0.238 e. The largest absolute Gasteiger partial charge is 0.330 e. The van der Waals surface area contributed by atoms with Crippen LogP contribution < -0.4 is 11.1 Å². The topological polar surface area (TPSA) is 58.4 Å². The Labute approximate surface area is 137 Å². The van der Waals surface area contributed by atoms with E-state index in [0.29, 0.717) is 29.8 Å². The number of carbonyl (C=O) groups is 1. The van der Waals surface area contributed by atoms with Crippen molar-refractivity contribution in [3.8, 4) is 0 Å². The number of rotatable bonds is 5. The Hall–Kier alpha value is -0.810. The maximum atomic E-state index is 12.1. The van der Waals surface area contributed by atoms with Crippen molar-refractivity contribution in [3.63, 3.8) is 0 Å². The molecular weight excluding hydrogens is 309 g/mol. The molecule has 0 aromatic heterocycles. The van der Waals surface area contributed by atoms with Crippen molar-refractivity contribution in [2.24, 2.45) is 5.73 Å². The molecule has 3 N–H and O–H groups in total. The lowest BCUT2D eigenvalue weighted by Gasteiger charge is -2.35. The van der Waals surface area contributed by atoms with Crippen molar-refractivity contribution in [1.82, 2.24) is 4.90 Å². The normalized spacial score (nSPS) is 18.9. The van der Waals surface area contributed by atoms with Gasteiger partial charge in [-0.3, -0.25) is 9.69 Å². The number of nitrogens with one attached hydrogen (secondary N) is 1. The predicted molar refractivity (Wildman–Crippen MR) is 90.2 cm³/mol. The van der Waals surface area contributed by atoms with E-state index in [1.165, 1.54) is 6.42 Å². The lowest BCUT2D eigenvalue weighted by Crippen LogP contribution is -2.44. The fraction of sp³-hybridized carbons (Fsp3) is 0.533. The van der Waals surface area contributed by atoms with E-state index in [2.05, 4.69) is 10.2 Å². The number of para-hydroxylation sites is 1. The molecule has 0 bridgehead atoms. The first-order valence-corrected chi connectivity index (χ1v) is 7.57. The van der Waals surface area contributed by atoms with Crippen molar-refractivity contribution in [2.75, 3.05) is 25.0 Å². The van der Waals surface area contributed by atoms with Gasteiger partial charge in [-0.15, -0.1) is 12.4 Å². The number of carbonyl (C=O) groups excluding carboxylic acids is 1. The second kappa shape index (κ2) is 9.26. The zero-order chi connectivity index (χ0) is 14.4. The molecule has 1 aliphatic rings. The van der Waals surface area contributed by atoms with Crippen LogP contribution in [0, 0.1) is 0 Å². The molecule has 0 aliphatic carbocycles. The fourth-order valence-corrected chi connectivity index (χ4v) is 2.91. The number of anilines is 1. The highest BCUT2D eigenvalue weighted by Gasteiger charge is 2.23. The number of hydrogen-bond acceptors (Lipinski definition) is 3. The van der Waals surface area contributed by atoms with Gasteiger partial charge in [0.15, 0.2) is 0 Å². The molecule has 118 valence electrons. The Kier molecular flexibility index (Phi) is 8.04. The van der Waals surface area contributed by atoms with E-state index in [-0.39, 0.29) is 18.3 Å². The SMILES string of the molecule is Cl.NCCC1CCCCN1CC(=O)Nc1ccccc1Cl. The fourth-order valence-electron chi connectivity index (χ4n) is 2.72. The number of halogens is 2. The molecular formula is C15H23Cl2N3O. The summed E-state index contributed by atoms with van der Waals surface area (Å²) in [5.41, 5.74) is 6.32. The number of hydrogen-bond donors (Lipinski definition) is 2. The first-order chi connectivity index (χ1) is 9.70. The van der Waals surface area contributed by atoms with Crippen LogP contribution in [0.3, 0.4) is 0 Å². The minimum absolute atomic E-state index is 0. The van der Waals surface area contributed by atoms with Gasteiger partial charge >= 0.3 is 0 Å². The zero-order valence-corrected chi connectivity index (χ0v) is 13.6. The Balaban J connectivity index is 0.00000220. The van der Waals surface area contributed by atoms with E-state index in [9.17, 15) is 4.79 Å². The first-order valence-electron chi connectivity index (χ1n) is 7.19. The summed E-state index contributed by atoms with van der Waals surface area (Å²) in [6.45, 7) is 2.06. The van der Waals surface area contributed by atoms with Gasteiger partial charge in [0.05, 0.1) is 17.3 Å². The van der Waals surface area contributed by atoms with Crippen LogP contribution in [-0.2, 0) is 4.79 Å². The second-order valence-corrected chi connectivity index (χ2v) is 5.63. The number of nitrogens with two attached hydrogens (primary N) is 1. The average molecular weight is 332 g/mol. The van der Waals surface area contributed by atoms with Crippen molar-refractivity contribution in [3.05, 3.63) is 29.3 Å². The molecule has 0 saturated carbocycles. The Morgan fingerprint density at radius 3 is 2.86 bits per heavy atom. The van der Waals surface area contributed by atoms with Crippen LogP contribution in [0.25, 0.3) is 0 Å². The molecule has 1 amide bonds. The number of likely N-dealkylation sites (tertiary alicyclic amines) is 1. The van der Waals surface area contributed by atoms with Gasteiger partial charge in [0, 0.05) is 6.04 Å². The highest BCUT2D eigenvalue weighted by atomic mass is 35.5. The number of nitrogens with zero attached hydrogens (tertiary/aromatic N) is 1. The minimum Gasteiger partial charge on any atom is -0.330 e. The third-order valence-electron chi connectivity index (χ3n) is 3.74. The molecule has 1 aliphatic heterocycles. The van der Waals surface area contributed by atoms with Crippen LogP contribution in [0.5, 0.6) is 0 Å². The molecule has 1 aromatic carbocycles. The molecule has 2 rings (SSSR count). The lowest BCUT2D eigenvalue weighted by atomic mass is 9.99. The van der Waals surface area contributed by atoms with E-state index in [1.54, 1.807) is 6.07 Å². The Morgan fingerprint density at radius 1 is 1.38 bits per heavy atom. The van der Waals surface area contributed by atoms with Gasteiger partial charge in [0.2, 0.25) is 5.91 Å². The summed E-state index contributed by atoms with van der Waals surface area (Å²) in [6.07, 6.45) is 4.48. The molecule has 0 spiro atoms. The van der Waals surface area contributed by atoms with Crippen LogP contribution in [0.4, 0.5) is 5.69 Å². The van der Waals surface area contributed by atoms with E-state index in [1.807, 2.05) is 18.2 Å². The standard InChI is InChI=1S/C15H22ClN3O.ClH/c16-13-6-1-2-7-14(13)18-15(20)11-19-10-4-3-5-12(19)8-9-17;/h1-2,6-7,12H,3-5,8-11,17H2,(H,18,20);1H. The molecule has 1 atom stereocenters. The van der Waals surface area contributed by atoms with Crippen molar-refractivity contribution in [2.45, 2.75) is 31.7 Å². The number of amides is 1. The molecule has 4 nitrogen and oxygen atoms in total. The highest BCUT2D eigenvalue weighted by Crippen LogP contribution is 2.22. The van der Waals surface area contributed by atoms with Gasteiger partial charge in [0.1, 0.15) is 0 Å². The summed E-state index contributed by atoms with van der Waals surface area (Å²) in [6, 6.07) is 7.73. The van der Waals surface area contributed by atoms with E-state index < -0.39 is 0 Å². The summed E-state index contributed by atoms with van der Waals surface area (Å²) >= 11 is 6.04. The molecule has 1 aromatic rings. The van der Waals surface area contributed by atoms with E-state index in [0.717, 1.165) is 25.8 Å². The predicted octanol–water partition coefficient (Wildman–Crippen LogP) is 2.90. The molecule has 1 unspecified atom stereocenters. The maximum Gasteiger partial charge on any atom is 0.238 e. The third kappa shape index (κ3) is 5.47. The van der Waals surface area contributed by atoms with Gasteiger partial charge in [-0.25, -0.2) is 0 Å². The number of benzene rings is 1. The molecule has 1 fully saturated rings. The van der Waals surface area contributed by atoms with Gasteiger partial charge in [0.25, 0.3) is 0 Å². The third-order valence-corrected chi connectivity index (χ3v) is 4.07. The van der Waals surface area contributed by atoms with E-state index >= 15 is 0 Å². The summed E-state index contributed by atoms with van der Waals surface area (Å²) in [5.74, 6) is -0.0120. The van der Waals surface area contributed by atoms with Crippen molar-refractivity contribution in [1.29, 1.82) is 0 Å². The van der Waals surface area contributed by atoms with Crippen molar-refractivity contribution < 1.29 is 4.79 Å². The average Bonchev–Trinajstić information content (AvgIpc) is 2.44. The van der Waals surface area contributed by atoms with Crippen LogP contribution >= 0.6 is 24.0 Å². The molecule has 6 heteroatoms. The quantitative estimate of drug-likeness (QED) is 0.872. The van der Waals surface area contributed by atoms with Gasteiger partial charge < -0.3 is 11.1 Å².